The summed E-state index contributed by atoms with van der Waals surface area (Å²) in [5.74, 6) is -4.41. The predicted octanol–water partition coefficient (Wildman–Crippen LogP) is 2.20. The number of aliphatic hydroxyl groups is 2. The van der Waals surface area contributed by atoms with E-state index < -0.39 is 62.2 Å². The SMILES string of the molecule is C[C@H]1C2CC(S(=O)(=O)c3cc(C(=O)Nc4ccc(F)c(F)c4)ccc3Cl)CC1[C@@]2(O)CC(=O)NC[C@@H](N)O. The summed E-state index contributed by atoms with van der Waals surface area (Å²) in [6.45, 7) is 1.72. The van der Waals surface area contributed by atoms with Gasteiger partial charge in [0.05, 0.1) is 33.7 Å². The summed E-state index contributed by atoms with van der Waals surface area (Å²) in [4.78, 5) is 24.7. The predicted molar refractivity (Wildman–Crippen MR) is 135 cm³/mol. The van der Waals surface area contributed by atoms with Gasteiger partial charge in [-0.1, -0.05) is 18.5 Å². The molecule has 9 nitrogen and oxygen atoms in total. The molecule has 3 atom stereocenters. The quantitative estimate of drug-likeness (QED) is 0.304. The Labute approximate surface area is 223 Å². The zero-order valence-electron chi connectivity index (χ0n) is 20.3. The molecule has 2 bridgehead atoms. The van der Waals surface area contributed by atoms with Gasteiger partial charge in [-0.3, -0.25) is 9.59 Å². The summed E-state index contributed by atoms with van der Waals surface area (Å²) < 4.78 is 53.9. The highest BCUT2D eigenvalue weighted by molar-refractivity contribution is 7.92. The van der Waals surface area contributed by atoms with E-state index in [0.29, 0.717) is 0 Å². The van der Waals surface area contributed by atoms with Crippen LogP contribution in [0.4, 0.5) is 14.5 Å². The first-order chi connectivity index (χ1) is 17.7. The first-order valence-electron chi connectivity index (χ1n) is 12.0. The number of hydrogen-bond donors (Lipinski definition) is 5. The number of halogens is 3. The average molecular weight is 572 g/mol. The Balaban J connectivity index is 1.51. The number of hydrogen-bond acceptors (Lipinski definition) is 7. The highest BCUT2D eigenvalue weighted by Gasteiger charge is 2.64. The molecule has 6 N–H and O–H groups in total. The van der Waals surface area contributed by atoms with E-state index in [1.165, 1.54) is 18.2 Å². The molecular formula is C25H28ClF2N3O6S. The Morgan fingerprint density at radius 3 is 2.42 bits per heavy atom. The van der Waals surface area contributed by atoms with E-state index in [9.17, 15) is 31.9 Å². The van der Waals surface area contributed by atoms with Gasteiger partial charge in [0, 0.05) is 17.3 Å². The first kappa shape index (κ1) is 28.4. The van der Waals surface area contributed by atoms with Crippen LogP contribution in [0, 0.1) is 29.4 Å². The molecule has 0 aromatic heterocycles. The minimum absolute atomic E-state index is 0.0111. The summed E-state index contributed by atoms with van der Waals surface area (Å²) in [7, 11) is -4.04. The van der Waals surface area contributed by atoms with Gasteiger partial charge in [0.2, 0.25) is 5.91 Å². The van der Waals surface area contributed by atoms with Gasteiger partial charge in [0.25, 0.3) is 5.91 Å². The molecule has 2 amide bonds. The summed E-state index contributed by atoms with van der Waals surface area (Å²) in [5.41, 5.74) is 3.77. The molecule has 0 radical (unpaired) electrons. The van der Waals surface area contributed by atoms with Crippen molar-refractivity contribution in [3.05, 3.63) is 58.6 Å². The third kappa shape index (κ3) is 5.28. The van der Waals surface area contributed by atoms with Crippen LogP contribution in [0.3, 0.4) is 0 Å². The molecule has 13 heteroatoms. The highest BCUT2D eigenvalue weighted by Crippen LogP contribution is 2.60. The van der Waals surface area contributed by atoms with Crippen LogP contribution in [-0.4, -0.2) is 54.1 Å². The molecule has 206 valence electrons. The van der Waals surface area contributed by atoms with E-state index in [1.807, 2.05) is 6.92 Å². The van der Waals surface area contributed by atoms with Gasteiger partial charge in [-0.25, -0.2) is 17.2 Å². The van der Waals surface area contributed by atoms with Gasteiger partial charge < -0.3 is 26.6 Å². The van der Waals surface area contributed by atoms with Crippen molar-refractivity contribution in [1.29, 1.82) is 0 Å². The molecule has 3 saturated carbocycles. The van der Waals surface area contributed by atoms with E-state index in [-0.39, 0.29) is 52.9 Å². The van der Waals surface area contributed by atoms with Crippen LogP contribution in [-0.2, 0) is 14.6 Å². The molecule has 3 aliphatic carbocycles. The Morgan fingerprint density at radius 1 is 1.16 bits per heavy atom. The first-order valence-corrected chi connectivity index (χ1v) is 13.9. The molecule has 3 aliphatic rings. The second-order valence-electron chi connectivity index (χ2n) is 9.98. The minimum Gasteiger partial charge on any atom is -0.389 e. The number of carbonyl (C=O) groups is 2. The maximum absolute atomic E-state index is 13.6. The van der Waals surface area contributed by atoms with E-state index >= 15 is 0 Å². The molecule has 0 aliphatic heterocycles. The monoisotopic (exact) mass is 571 g/mol. The van der Waals surface area contributed by atoms with Crippen LogP contribution in [0.2, 0.25) is 5.02 Å². The van der Waals surface area contributed by atoms with Gasteiger partial charge in [0.1, 0.15) is 6.23 Å². The van der Waals surface area contributed by atoms with Gasteiger partial charge >= 0.3 is 0 Å². The number of aliphatic hydroxyl groups excluding tert-OH is 1. The third-order valence-corrected chi connectivity index (χ3v) is 10.3. The second kappa shape index (κ2) is 10.5. The van der Waals surface area contributed by atoms with Crippen molar-refractivity contribution >= 4 is 38.9 Å². The van der Waals surface area contributed by atoms with Crippen molar-refractivity contribution in [3.63, 3.8) is 0 Å². The number of fused-ring (bicyclic) bond motifs is 2. The molecule has 0 heterocycles. The Hall–Kier alpha value is -2.64. The summed E-state index contributed by atoms with van der Waals surface area (Å²) in [6.07, 6.45) is -1.30. The molecule has 3 fully saturated rings. The van der Waals surface area contributed by atoms with Gasteiger partial charge in [0.15, 0.2) is 21.5 Å². The number of nitrogens with two attached hydrogens (primary N) is 1. The molecule has 5 rings (SSSR count). The number of anilines is 1. The Bertz CT molecular complexity index is 1360. The van der Waals surface area contributed by atoms with Crippen LogP contribution in [0.5, 0.6) is 0 Å². The molecule has 2 aromatic rings. The van der Waals surface area contributed by atoms with Gasteiger partial charge in [-0.2, -0.15) is 0 Å². The normalized spacial score (nSPS) is 27.2. The number of benzene rings is 2. The standard InChI is InChI=1S/C25H28ClF2N3O6S/c1-12-16-8-15(9-17(12)25(16,35)10-23(33)30-11-22(29)32)38(36,37)21-6-13(2-4-18(21)26)24(34)31-14-3-5-19(27)20(28)7-14/h2-7,12,15-17,22,32,35H,8-11,29H2,1H3,(H,30,33)(H,31,34)/t12-,15?,16?,17?,22-,25+/m0/s1. The van der Waals surface area contributed by atoms with Gasteiger partial charge in [-0.05, 0) is 60.9 Å². The van der Waals surface area contributed by atoms with Crippen molar-refractivity contribution in [1.82, 2.24) is 5.32 Å². The van der Waals surface area contributed by atoms with Crippen molar-refractivity contribution in [2.24, 2.45) is 23.5 Å². The van der Waals surface area contributed by atoms with Crippen molar-refractivity contribution in [2.75, 3.05) is 11.9 Å². The zero-order valence-corrected chi connectivity index (χ0v) is 21.9. The number of rotatable bonds is 8. The summed E-state index contributed by atoms with van der Waals surface area (Å²) >= 11 is 6.23. The number of sulfone groups is 1. The number of nitrogens with one attached hydrogen (secondary N) is 2. The topological polar surface area (TPSA) is 159 Å². The lowest BCUT2D eigenvalue weighted by Crippen LogP contribution is -2.68. The maximum atomic E-state index is 13.6. The lowest BCUT2D eigenvalue weighted by Gasteiger charge is -2.62. The number of carbonyl (C=O) groups excluding carboxylic acids is 2. The fourth-order valence-electron chi connectivity index (χ4n) is 5.72. The molecular weight excluding hydrogens is 544 g/mol. The van der Waals surface area contributed by atoms with Crippen molar-refractivity contribution < 1.29 is 37.0 Å². The fraction of sp³-hybridized carbons (Fsp3) is 0.440. The van der Waals surface area contributed by atoms with Crippen LogP contribution in [0.15, 0.2) is 41.3 Å². The average Bonchev–Trinajstić information content (AvgIpc) is 2.85. The Morgan fingerprint density at radius 2 is 1.82 bits per heavy atom. The molecule has 2 aromatic carbocycles. The molecule has 2 unspecified atom stereocenters. The van der Waals surface area contributed by atoms with Crippen molar-refractivity contribution in [2.45, 2.75) is 48.2 Å². The second-order valence-corrected chi connectivity index (χ2v) is 12.6. The minimum atomic E-state index is -4.04. The van der Waals surface area contributed by atoms with Crippen LogP contribution in [0.25, 0.3) is 0 Å². The lowest BCUT2D eigenvalue weighted by molar-refractivity contribution is -0.219. The summed E-state index contributed by atoms with van der Waals surface area (Å²) in [5, 5.41) is 24.2. The van der Waals surface area contributed by atoms with E-state index in [1.54, 1.807) is 0 Å². The lowest BCUT2D eigenvalue weighted by atomic mass is 9.47. The van der Waals surface area contributed by atoms with Crippen molar-refractivity contribution in [3.8, 4) is 0 Å². The van der Waals surface area contributed by atoms with Gasteiger partial charge in [-0.15, -0.1) is 0 Å². The van der Waals surface area contributed by atoms with Crippen LogP contribution in [0.1, 0.15) is 36.5 Å². The molecule has 0 spiro atoms. The van der Waals surface area contributed by atoms with Crippen LogP contribution >= 0.6 is 11.6 Å². The van der Waals surface area contributed by atoms with E-state index in [4.69, 9.17) is 22.4 Å². The molecule has 0 saturated heterocycles. The fourth-order valence-corrected chi connectivity index (χ4v) is 8.07. The Kier molecular flexibility index (Phi) is 7.84. The van der Waals surface area contributed by atoms with E-state index in [0.717, 1.165) is 18.2 Å². The van der Waals surface area contributed by atoms with E-state index in [2.05, 4.69) is 10.6 Å². The third-order valence-electron chi connectivity index (χ3n) is 7.66. The summed E-state index contributed by atoms with van der Waals surface area (Å²) in [6, 6.07) is 6.54. The smallest absolute Gasteiger partial charge is 0.255 e. The maximum Gasteiger partial charge on any atom is 0.255 e. The zero-order chi connectivity index (χ0) is 28.0. The number of amides is 2. The molecule has 38 heavy (non-hydrogen) atoms. The van der Waals surface area contributed by atoms with Crippen LogP contribution < -0.4 is 16.4 Å². The highest BCUT2D eigenvalue weighted by atomic mass is 35.5. The largest absolute Gasteiger partial charge is 0.389 e.